The summed E-state index contributed by atoms with van der Waals surface area (Å²) in [4.78, 5) is 2.38. The number of nitrogens with zero attached hydrogens (tertiary/aromatic N) is 1. The molecule has 0 heterocycles. The summed E-state index contributed by atoms with van der Waals surface area (Å²) in [5.41, 5.74) is -0.369. The van der Waals surface area contributed by atoms with E-state index in [4.69, 9.17) is 0 Å². The van der Waals surface area contributed by atoms with E-state index in [2.05, 4.69) is 11.9 Å². The Balaban J connectivity index is 1.74. The second-order valence-corrected chi connectivity index (χ2v) is 6.13. The molecule has 16 heavy (non-hydrogen) atoms. The van der Waals surface area contributed by atoms with E-state index in [1.165, 1.54) is 51.5 Å². The SMILES string of the molecule is CN(CC1CCCC1)CC1(O)CCCCC1. The molecule has 2 aliphatic rings. The van der Waals surface area contributed by atoms with Crippen LogP contribution in [0.25, 0.3) is 0 Å². The van der Waals surface area contributed by atoms with Gasteiger partial charge in [0, 0.05) is 13.1 Å². The Bertz CT molecular complexity index is 205. The van der Waals surface area contributed by atoms with Crippen molar-refractivity contribution >= 4 is 0 Å². The Morgan fingerprint density at radius 1 is 1.06 bits per heavy atom. The van der Waals surface area contributed by atoms with Crippen molar-refractivity contribution in [3.8, 4) is 0 Å². The number of rotatable bonds is 4. The van der Waals surface area contributed by atoms with Crippen molar-refractivity contribution in [2.75, 3.05) is 20.1 Å². The zero-order valence-corrected chi connectivity index (χ0v) is 10.7. The molecule has 0 saturated heterocycles. The highest BCUT2D eigenvalue weighted by Gasteiger charge is 2.31. The molecule has 0 amide bonds. The van der Waals surface area contributed by atoms with Crippen LogP contribution in [0.1, 0.15) is 57.8 Å². The number of hydrogen-bond donors (Lipinski definition) is 1. The minimum atomic E-state index is -0.369. The van der Waals surface area contributed by atoms with Gasteiger partial charge >= 0.3 is 0 Å². The second-order valence-electron chi connectivity index (χ2n) is 6.13. The van der Waals surface area contributed by atoms with E-state index in [9.17, 15) is 5.11 Å². The lowest BCUT2D eigenvalue weighted by atomic mass is 9.84. The maximum Gasteiger partial charge on any atom is 0.0774 e. The van der Waals surface area contributed by atoms with Crippen LogP contribution in [-0.4, -0.2) is 35.7 Å². The molecule has 94 valence electrons. The van der Waals surface area contributed by atoms with Crippen LogP contribution in [0.4, 0.5) is 0 Å². The molecule has 0 spiro atoms. The van der Waals surface area contributed by atoms with Crippen LogP contribution in [0.5, 0.6) is 0 Å². The van der Waals surface area contributed by atoms with Crippen LogP contribution in [-0.2, 0) is 0 Å². The number of hydrogen-bond acceptors (Lipinski definition) is 2. The summed E-state index contributed by atoms with van der Waals surface area (Å²) in [5, 5.41) is 10.5. The van der Waals surface area contributed by atoms with E-state index in [0.29, 0.717) is 0 Å². The first kappa shape index (κ1) is 12.4. The van der Waals surface area contributed by atoms with Crippen molar-refractivity contribution in [3.05, 3.63) is 0 Å². The minimum Gasteiger partial charge on any atom is -0.389 e. The van der Waals surface area contributed by atoms with Crippen molar-refractivity contribution in [2.45, 2.75) is 63.4 Å². The summed E-state index contributed by atoms with van der Waals surface area (Å²) >= 11 is 0. The van der Waals surface area contributed by atoms with Crippen LogP contribution in [0.2, 0.25) is 0 Å². The van der Waals surface area contributed by atoms with Crippen molar-refractivity contribution in [1.82, 2.24) is 4.90 Å². The molecule has 0 bridgehead atoms. The van der Waals surface area contributed by atoms with E-state index in [0.717, 1.165) is 25.3 Å². The highest BCUT2D eigenvalue weighted by molar-refractivity contribution is 4.85. The lowest BCUT2D eigenvalue weighted by Gasteiger charge is -2.36. The summed E-state index contributed by atoms with van der Waals surface area (Å²) in [6.07, 6.45) is 11.4. The van der Waals surface area contributed by atoms with Gasteiger partial charge in [-0.05, 0) is 38.6 Å². The standard InChI is InChI=1S/C14H27NO/c1-15(11-13-7-3-4-8-13)12-14(16)9-5-2-6-10-14/h13,16H,2-12H2,1H3. The van der Waals surface area contributed by atoms with Gasteiger partial charge in [-0.1, -0.05) is 32.1 Å². The summed E-state index contributed by atoms with van der Waals surface area (Å²) in [6, 6.07) is 0. The highest BCUT2D eigenvalue weighted by atomic mass is 16.3. The number of aliphatic hydroxyl groups is 1. The molecule has 2 saturated carbocycles. The quantitative estimate of drug-likeness (QED) is 0.795. The Hall–Kier alpha value is -0.0800. The molecule has 0 radical (unpaired) electrons. The fraction of sp³-hybridized carbons (Fsp3) is 1.00. The molecule has 0 aromatic rings. The first-order chi connectivity index (χ1) is 7.68. The largest absolute Gasteiger partial charge is 0.389 e. The molecule has 0 aromatic carbocycles. The van der Waals surface area contributed by atoms with Gasteiger partial charge in [0.2, 0.25) is 0 Å². The van der Waals surface area contributed by atoms with Gasteiger partial charge in [0.1, 0.15) is 0 Å². The first-order valence-electron chi connectivity index (χ1n) is 7.09. The zero-order valence-electron chi connectivity index (χ0n) is 10.7. The van der Waals surface area contributed by atoms with Crippen molar-refractivity contribution < 1.29 is 5.11 Å². The van der Waals surface area contributed by atoms with Gasteiger partial charge in [0.15, 0.2) is 0 Å². The van der Waals surface area contributed by atoms with E-state index in [1.807, 2.05) is 0 Å². The maximum atomic E-state index is 10.5. The molecule has 0 atom stereocenters. The average molecular weight is 225 g/mol. The molecule has 2 aliphatic carbocycles. The Kier molecular flexibility index (Phi) is 4.26. The Labute approximate surface area is 100 Å². The van der Waals surface area contributed by atoms with Gasteiger partial charge in [-0.25, -0.2) is 0 Å². The van der Waals surface area contributed by atoms with Gasteiger partial charge in [-0.2, -0.15) is 0 Å². The molecule has 0 aromatic heterocycles. The fourth-order valence-electron chi connectivity index (χ4n) is 3.57. The number of likely N-dealkylation sites (N-methyl/N-ethyl adjacent to an activating group) is 1. The zero-order chi connectivity index (χ0) is 11.4. The van der Waals surface area contributed by atoms with Gasteiger partial charge < -0.3 is 10.0 Å². The molecule has 0 unspecified atom stereocenters. The van der Waals surface area contributed by atoms with Gasteiger partial charge in [-0.15, -0.1) is 0 Å². The summed E-state index contributed by atoms with van der Waals surface area (Å²) in [5.74, 6) is 0.900. The van der Waals surface area contributed by atoms with Crippen LogP contribution in [0.3, 0.4) is 0 Å². The predicted octanol–water partition coefficient (Wildman–Crippen LogP) is 2.80. The molecule has 2 heteroatoms. The monoisotopic (exact) mass is 225 g/mol. The molecule has 2 fully saturated rings. The predicted molar refractivity (Wildman–Crippen MR) is 67.5 cm³/mol. The van der Waals surface area contributed by atoms with E-state index in [-0.39, 0.29) is 5.60 Å². The third-order valence-corrected chi connectivity index (χ3v) is 4.39. The fourth-order valence-corrected chi connectivity index (χ4v) is 3.57. The van der Waals surface area contributed by atoms with Crippen LogP contribution in [0, 0.1) is 5.92 Å². The van der Waals surface area contributed by atoms with Crippen LogP contribution < -0.4 is 0 Å². The van der Waals surface area contributed by atoms with Crippen molar-refractivity contribution in [1.29, 1.82) is 0 Å². The lowest BCUT2D eigenvalue weighted by Crippen LogP contribution is -2.44. The second kappa shape index (κ2) is 5.50. The summed E-state index contributed by atoms with van der Waals surface area (Å²) in [6.45, 7) is 2.09. The molecule has 1 N–H and O–H groups in total. The molecular weight excluding hydrogens is 198 g/mol. The molecule has 0 aliphatic heterocycles. The third kappa shape index (κ3) is 3.46. The Morgan fingerprint density at radius 3 is 2.31 bits per heavy atom. The Morgan fingerprint density at radius 2 is 1.69 bits per heavy atom. The highest BCUT2D eigenvalue weighted by Crippen LogP contribution is 2.30. The summed E-state index contributed by atoms with van der Waals surface area (Å²) < 4.78 is 0. The van der Waals surface area contributed by atoms with E-state index >= 15 is 0 Å². The smallest absolute Gasteiger partial charge is 0.0774 e. The van der Waals surface area contributed by atoms with Crippen molar-refractivity contribution in [2.24, 2.45) is 5.92 Å². The molecule has 2 rings (SSSR count). The van der Waals surface area contributed by atoms with Gasteiger partial charge in [0.05, 0.1) is 5.60 Å². The van der Waals surface area contributed by atoms with E-state index in [1.54, 1.807) is 0 Å². The van der Waals surface area contributed by atoms with Crippen molar-refractivity contribution in [3.63, 3.8) is 0 Å². The minimum absolute atomic E-state index is 0.369. The van der Waals surface area contributed by atoms with Gasteiger partial charge in [-0.3, -0.25) is 0 Å². The maximum absolute atomic E-state index is 10.5. The molecule has 2 nitrogen and oxygen atoms in total. The topological polar surface area (TPSA) is 23.5 Å². The third-order valence-electron chi connectivity index (χ3n) is 4.39. The van der Waals surface area contributed by atoms with Crippen LogP contribution in [0.15, 0.2) is 0 Å². The van der Waals surface area contributed by atoms with Gasteiger partial charge in [0.25, 0.3) is 0 Å². The lowest BCUT2D eigenvalue weighted by molar-refractivity contribution is -0.0231. The normalized spacial score (nSPS) is 26.4. The average Bonchev–Trinajstić information content (AvgIpc) is 2.70. The summed E-state index contributed by atoms with van der Waals surface area (Å²) in [7, 11) is 2.19. The van der Waals surface area contributed by atoms with Crippen LogP contribution >= 0.6 is 0 Å². The van der Waals surface area contributed by atoms with E-state index < -0.39 is 0 Å². The first-order valence-corrected chi connectivity index (χ1v) is 7.09. The molecular formula is C14H27NO.